The predicted molar refractivity (Wildman–Crippen MR) is 122 cm³/mol. The zero-order valence-corrected chi connectivity index (χ0v) is 16.9. The molecule has 1 saturated carbocycles. The zero-order chi connectivity index (χ0) is 21.0. The normalized spacial score (nSPS) is 17.0. The first-order valence-corrected chi connectivity index (χ1v) is 10.4. The van der Waals surface area contributed by atoms with Gasteiger partial charge in [0.1, 0.15) is 0 Å². The van der Waals surface area contributed by atoms with E-state index in [9.17, 15) is 4.79 Å². The molecule has 152 valence electrons. The van der Waals surface area contributed by atoms with Gasteiger partial charge in [-0.1, -0.05) is 66.7 Å². The van der Waals surface area contributed by atoms with Crippen LogP contribution >= 0.6 is 0 Å². The van der Waals surface area contributed by atoms with Crippen molar-refractivity contribution in [1.29, 1.82) is 0 Å². The van der Waals surface area contributed by atoms with Crippen LogP contribution in [0.5, 0.6) is 0 Å². The van der Waals surface area contributed by atoms with Crippen LogP contribution in [0.1, 0.15) is 28.3 Å². The smallest absolute Gasteiger partial charge is 0.251 e. The lowest BCUT2D eigenvalue weighted by atomic mass is 10.1. The monoisotopic (exact) mass is 406 g/mol. The Morgan fingerprint density at radius 1 is 0.806 bits per heavy atom. The maximum atomic E-state index is 12.7. The van der Waals surface area contributed by atoms with Crippen molar-refractivity contribution in [3.8, 4) is 11.1 Å². The average Bonchev–Trinajstić information content (AvgIpc) is 3.60. The molecular formula is C26H22N4O. The van der Waals surface area contributed by atoms with Crippen LogP contribution in [0.2, 0.25) is 0 Å². The van der Waals surface area contributed by atoms with Gasteiger partial charge in [0.15, 0.2) is 0 Å². The quantitative estimate of drug-likeness (QED) is 0.463. The van der Waals surface area contributed by atoms with Gasteiger partial charge < -0.3 is 10.6 Å². The molecule has 1 aliphatic carbocycles. The maximum Gasteiger partial charge on any atom is 0.251 e. The van der Waals surface area contributed by atoms with Crippen molar-refractivity contribution in [2.75, 3.05) is 5.32 Å². The highest BCUT2D eigenvalue weighted by molar-refractivity contribution is 5.95. The summed E-state index contributed by atoms with van der Waals surface area (Å²) in [6.45, 7) is 0. The van der Waals surface area contributed by atoms with Crippen molar-refractivity contribution in [2.24, 2.45) is 0 Å². The molecular weight excluding hydrogens is 384 g/mol. The third-order valence-electron chi connectivity index (χ3n) is 5.47. The molecule has 0 saturated heterocycles. The summed E-state index contributed by atoms with van der Waals surface area (Å²) in [6.07, 6.45) is 4.56. The number of aromatic nitrogens is 2. The number of amides is 1. The Morgan fingerprint density at radius 2 is 1.52 bits per heavy atom. The lowest BCUT2D eigenvalue weighted by molar-refractivity contribution is 0.0950. The highest BCUT2D eigenvalue weighted by Crippen LogP contribution is 2.40. The van der Waals surface area contributed by atoms with Gasteiger partial charge in [0, 0.05) is 41.2 Å². The Kier molecular flexibility index (Phi) is 5.15. The third kappa shape index (κ3) is 4.46. The number of anilines is 2. The van der Waals surface area contributed by atoms with Crippen LogP contribution in [-0.4, -0.2) is 21.9 Å². The van der Waals surface area contributed by atoms with Gasteiger partial charge in [-0.15, -0.1) is 0 Å². The molecule has 5 heteroatoms. The molecule has 1 heterocycles. The standard InChI is InChI=1S/C26H22N4O/c31-25(30-24-15-23(24)19-10-5-2-6-11-19)20-12-7-13-22(14-20)29-26-27-16-21(17-28-26)18-8-3-1-4-9-18/h1-14,16-17,23-24H,15H2,(H,30,31)(H,27,28,29)/t23-,24+/m0/s1. The van der Waals surface area contributed by atoms with E-state index >= 15 is 0 Å². The highest BCUT2D eigenvalue weighted by Gasteiger charge is 2.39. The molecule has 0 spiro atoms. The average molecular weight is 406 g/mol. The van der Waals surface area contributed by atoms with E-state index in [-0.39, 0.29) is 11.9 Å². The van der Waals surface area contributed by atoms with Gasteiger partial charge in [0.25, 0.3) is 5.91 Å². The van der Waals surface area contributed by atoms with Crippen LogP contribution in [0, 0.1) is 0 Å². The Morgan fingerprint density at radius 3 is 2.26 bits per heavy atom. The minimum atomic E-state index is -0.0626. The summed E-state index contributed by atoms with van der Waals surface area (Å²) in [7, 11) is 0. The molecule has 0 unspecified atom stereocenters. The minimum absolute atomic E-state index is 0.0626. The lowest BCUT2D eigenvalue weighted by Gasteiger charge is -2.09. The van der Waals surface area contributed by atoms with Gasteiger partial charge in [-0.05, 0) is 35.7 Å². The van der Waals surface area contributed by atoms with Gasteiger partial charge in [-0.2, -0.15) is 0 Å². The Bertz CT molecular complexity index is 1180. The lowest BCUT2D eigenvalue weighted by Crippen LogP contribution is -2.26. The molecule has 0 bridgehead atoms. The van der Waals surface area contributed by atoms with Gasteiger partial charge in [-0.3, -0.25) is 4.79 Å². The second kappa shape index (κ2) is 8.40. The Labute approximate surface area is 181 Å². The first-order chi connectivity index (χ1) is 15.3. The molecule has 1 aromatic heterocycles. The van der Waals surface area contributed by atoms with Crippen molar-refractivity contribution in [1.82, 2.24) is 15.3 Å². The van der Waals surface area contributed by atoms with E-state index in [0.717, 1.165) is 23.2 Å². The first-order valence-electron chi connectivity index (χ1n) is 10.4. The number of carbonyl (C=O) groups excluding carboxylic acids is 1. The number of benzene rings is 3. The molecule has 3 aromatic carbocycles. The maximum absolute atomic E-state index is 12.7. The molecule has 1 aliphatic rings. The molecule has 2 N–H and O–H groups in total. The summed E-state index contributed by atoms with van der Waals surface area (Å²) >= 11 is 0. The van der Waals surface area contributed by atoms with E-state index in [0.29, 0.717) is 17.4 Å². The van der Waals surface area contributed by atoms with Crippen LogP contribution in [0.15, 0.2) is 97.3 Å². The number of carbonyl (C=O) groups is 1. The number of nitrogens with zero attached hydrogens (tertiary/aromatic N) is 2. The fourth-order valence-corrected chi connectivity index (χ4v) is 3.71. The Hall–Kier alpha value is -3.99. The van der Waals surface area contributed by atoms with Crippen LogP contribution in [0.25, 0.3) is 11.1 Å². The predicted octanol–water partition coefficient (Wildman–Crippen LogP) is 5.17. The van der Waals surface area contributed by atoms with E-state index in [4.69, 9.17) is 0 Å². The van der Waals surface area contributed by atoms with Crippen molar-refractivity contribution in [3.63, 3.8) is 0 Å². The van der Waals surface area contributed by atoms with Crippen LogP contribution < -0.4 is 10.6 Å². The molecule has 1 fully saturated rings. The largest absolute Gasteiger partial charge is 0.349 e. The summed E-state index contributed by atoms with van der Waals surface area (Å²) in [5, 5.41) is 6.32. The van der Waals surface area contributed by atoms with Gasteiger partial charge in [0.2, 0.25) is 5.95 Å². The number of hydrogen-bond donors (Lipinski definition) is 2. The molecule has 5 nitrogen and oxygen atoms in total. The van der Waals surface area contributed by atoms with Gasteiger partial charge in [-0.25, -0.2) is 9.97 Å². The van der Waals surface area contributed by atoms with Crippen molar-refractivity contribution < 1.29 is 4.79 Å². The molecule has 0 aliphatic heterocycles. The summed E-state index contributed by atoms with van der Waals surface area (Å²) in [5.41, 5.74) is 4.69. The third-order valence-corrected chi connectivity index (χ3v) is 5.47. The second-order valence-electron chi connectivity index (χ2n) is 7.70. The van der Waals surface area contributed by atoms with Crippen molar-refractivity contribution in [2.45, 2.75) is 18.4 Å². The molecule has 31 heavy (non-hydrogen) atoms. The van der Waals surface area contributed by atoms with Gasteiger partial charge in [0.05, 0.1) is 0 Å². The fraction of sp³-hybridized carbons (Fsp3) is 0.115. The van der Waals surface area contributed by atoms with E-state index in [1.165, 1.54) is 5.56 Å². The first kappa shape index (κ1) is 19.0. The van der Waals surface area contributed by atoms with E-state index in [1.54, 1.807) is 12.4 Å². The van der Waals surface area contributed by atoms with Crippen LogP contribution in [0.4, 0.5) is 11.6 Å². The van der Waals surface area contributed by atoms with E-state index < -0.39 is 0 Å². The van der Waals surface area contributed by atoms with Crippen LogP contribution in [0.3, 0.4) is 0 Å². The molecule has 5 rings (SSSR count). The number of rotatable bonds is 6. The van der Waals surface area contributed by atoms with E-state index in [2.05, 4.69) is 32.7 Å². The van der Waals surface area contributed by atoms with Crippen LogP contribution in [-0.2, 0) is 0 Å². The highest BCUT2D eigenvalue weighted by atomic mass is 16.1. The molecule has 0 radical (unpaired) electrons. The fourth-order valence-electron chi connectivity index (χ4n) is 3.71. The summed E-state index contributed by atoms with van der Waals surface area (Å²) in [5.74, 6) is 0.832. The topological polar surface area (TPSA) is 66.9 Å². The summed E-state index contributed by atoms with van der Waals surface area (Å²) in [6, 6.07) is 27.9. The molecule has 1 amide bonds. The number of hydrogen-bond acceptors (Lipinski definition) is 4. The SMILES string of the molecule is O=C(N[C@@H]1C[C@H]1c1ccccc1)c1cccc(Nc2ncc(-c3ccccc3)cn2)c1. The minimum Gasteiger partial charge on any atom is -0.349 e. The summed E-state index contributed by atoms with van der Waals surface area (Å²) < 4.78 is 0. The second-order valence-corrected chi connectivity index (χ2v) is 7.70. The van der Waals surface area contributed by atoms with Crippen molar-refractivity contribution in [3.05, 3.63) is 108 Å². The zero-order valence-electron chi connectivity index (χ0n) is 16.9. The van der Waals surface area contributed by atoms with Gasteiger partial charge >= 0.3 is 0 Å². The van der Waals surface area contributed by atoms with E-state index in [1.807, 2.05) is 72.8 Å². The van der Waals surface area contributed by atoms with Crippen molar-refractivity contribution >= 4 is 17.5 Å². The molecule has 4 aromatic rings. The number of nitrogens with one attached hydrogen (secondary N) is 2. The Balaban J connectivity index is 1.23. The molecule has 2 atom stereocenters. The summed E-state index contributed by atoms with van der Waals surface area (Å²) in [4.78, 5) is 21.5.